The van der Waals surface area contributed by atoms with Gasteiger partial charge in [-0.25, -0.2) is 0 Å². The molecule has 13 heavy (non-hydrogen) atoms. The lowest BCUT2D eigenvalue weighted by Gasteiger charge is -2.09. The van der Waals surface area contributed by atoms with Crippen molar-refractivity contribution >= 4 is 7.85 Å². The fourth-order valence-electron chi connectivity index (χ4n) is 1.81. The maximum absolute atomic E-state index is 2.42. The first-order valence-electron chi connectivity index (χ1n) is 6.31. The molecule has 78 valence electrons. The van der Waals surface area contributed by atoms with E-state index in [1.54, 1.807) is 0 Å². The van der Waals surface area contributed by atoms with Crippen molar-refractivity contribution in [2.75, 3.05) is 0 Å². The zero-order valence-electron chi connectivity index (χ0n) is 9.94. The Hall–Kier alpha value is 0.0649. The van der Waals surface area contributed by atoms with Crippen molar-refractivity contribution in [1.29, 1.82) is 0 Å². The molecule has 0 radical (unpaired) electrons. The van der Waals surface area contributed by atoms with Crippen LogP contribution in [0.25, 0.3) is 0 Å². The number of rotatable bonds is 9. The molecule has 0 aliphatic carbocycles. The van der Waals surface area contributed by atoms with E-state index in [1.165, 1.54) is 57.8 Å². The highest BCUT2D eigenvalue weighted by Crippen LogP contribution is 2.19. The Morgan fingerprint density at radius 3 is 1.77 bits per heavy atom. The van der Waals surface area contributed by atoms with Gasteiger partial charge in [0, 0.05) is 0 Å². The average molecular weight is 182 g/mol. The van der Waals surface area contributed by atoms with E-state index in [-0.39, 0.29) is 0 Å². The second-order valence-electron chi connectivity index (χ2n) is 4.45. The van der Waals surface area contributed by atoms with Crippen LogP contribution in [0, 0.1) is 0 Å². The predicted molar refractivity (Wildman–Crippen MR) is 65.2 cm³/mol. The van der Waals surface area contributed by atoms with Crippen LogP contribution >= 0.6 is 0 Å². The number of unbranched alkanes of at least 4 members (excludes halogenated alkanes) is 5. The molecule has 1 unspecified atom stereocenters. The minimum atomic E-state index is 0.975. The van der Waals surface area contributed by atoms with Gasteiger partial charge in [0.1, 0.15) is 7.85 Å². The molecule has 0 aromatic carbocycles. The molecule has 0 spiro atoms. The van der Waals surface area contributed by atoms with Crippen LogP contribution in [0.3, 0.4) is 0 Å². The molecule has 0 heterocycles. The highest BCUT2D eigenvalue weighted by Gasteiger charge is 2.00. The topological polar surface area (TPSA) is 0 Å². The Morgan fingerprint density at radius 1 is 0.769 bits per heavy atom. The van der Waals surface area contributed by atoms with Gasteiger partial charge in [0.15, 0.2) is 0 Å². The molecule has 0 aromatic heterocycles. The zero-order chi connectivity index (χ0) is 9.94. The molecule has 1 heteroatoms. The van der Waals surface area contributed by atoms with Crippen LogP contribution in [0.15, 0.2) is 0 Å². The maximum Gasteiger partial charge on any atom is 0.105 e. The Labute approximate surface area is 85.9 Å². The summed E-state index contributed by atoms with van der Waals surface area (Å²) in [5.74, 6) is 0.975. The lowest BCUT2D eigenvalue weighted by molar-refractivity contribution is 0.562. The van der Waals surface area contributed by atoms with Crippen molar-refractivity contribution < 1.29 is 0 Å². The molecule has 0 amide bonds. The summed E-state index contributed by atoms with van der Waals surface area (Å²) in [6.07, 6.45) is 12.9. The van der Waals surface area contributed by atoms with Gasteiger partial charge < -0.3 is 0 Å². The summed E-state index contributed by atoms with van der Waals surface area (Å²) in [6.45, 7) is 4.57. The van der Waals surface area contributed by atoms with Crippen molar-refractivity contribution in [3.05, 3.63) is 0 Å². The minimum Gasteiger partial charge on any atom is -0.0697 e. The Balaban J connectivity index is 3.05. The van der Waals surface area contributed by atoms with Crippen molar-refractivity contribution in [1.82, 2.24) is 0 Å². The van der Waals surface area contributed by atoms with Gasteiger partial charge >= 0.3 is 0 Å². The number of hydrogen-bond donors (Lipinski definition) is 0. The fourth-order valence-corrected chi connectivity index (χ4v) is 1.81. The normalized spacial score (nSPS) is 13.1. The van der Waals surface area contributed by atoms with E-state index in [0.717, 1.165) is 5.82 Å². The monoisotopic (exact) mass is 182 g/mol. The summed E-state index contributed by atoms with van der Waals surface area (Å²) in [6, 6.07) is 0. The highest BCUT2D eigenvalue weighted by atomic mass is 14.0. The van der Waals surface area contributed by atoms with E-state index in [2.05, 4.69) is 21.7 Å². The maximum atomic E-state index is 2.42. The molecule has 0 aliphatic heterocycles. The quantitative estimate of drug-likeness (QED) is 0.374. The molecule has 0 saturated heterocycles. The first kappa shape index (κ1) is 13.1. The van der Waals surface area contributed by atoms with Crippen LogP contribution in [0.4, 0.5) is 0 Å². The summed E-state index contributed by atoms with van der Waals surface area (Å²) in [4.78, 5) is 0. The van der Waals surface area contributed by atoms with Gasteiger partial charge in [-0.05, 0) is 0 Å². The largest absolute Gasteiger partial charge is 0.105 e. The average Bonchev–Trinajstić information content (AvgIpc) is 2.13. The first-order chi connectivity index (χ1) is 6.31. The number of hydrogen-bond acceptors (Lipinski definition) is 0. The van der Waals surface area contributed by atoms with Crippen LogP contribution in [0.5, 0.6) is 0 Å². The van der Waals surface area contributed by atoms with E-state index in [0.29, 0.717) is 0 Å². The lowest BCUT2D eigenvalue weighted by Crippen LogP contribution is -1.93. The van der Waals surface area contributed by atoms with Gasteiger partial charge in [0.2, 0.25) is 0 Å². The van der Waals surface area contributed by atoms with E-state index < -0.39 is 0 Å². The Kier molecular flexibility index (Phi) is 10.2. The lowest BCUT2D eigenvalue weighted by atomic mass is 9.79. The standard InChI is InChI=1S/C12H27B/c1-3-5-7-9-11-12(13)10-8-6-4-2/h12H,3-11,13H2,1-2H3. The molecule has 0 saturated carbocycles. The summed E-state index contributed by atoms with van der Waals surface area (Å²) in [5.41, 5.74) is 0. The molecule has 0 rings (SSSR count). The third-order valence-corrected chi connectivity index (χ3v) is 2.85. The van der Waals surface area contributed by atoms with Crippen LogP contribution in [-0.2, 0) is 0 Å². The van der Waals surface area contributed by atoms with E-state index in [1.807, 2.05) is 0 Å². The van der Waals surface area contributed by atoms with Gasteiger partial charge in [-0.15, -0.1) is 0 Å². The van der Waals surface area contributed by atoms with Crippen molar-refractivity contribution in [2.45, 2.75) is 77.5 Å². The summed E-state index contributed by atoms with van der Waals surface area (Å²) in [7, 11) is 2.42. The highest BCUT2D eigenvalue weighted by molar-refractivity contribution is 6.11. The van der Waals surface area contributed by atoms with Gasteiger partial charge in [-0.2, -0.15) is 0 Å². The van der Waals surface area contributed by atoms with E-state index in [9.17, 15) is 0 Å². The Bertz CT molecular complexity index is 91.1. The van der Waals surface area contributed by atoms with Crippen molar-refractivity contribution in [3.8, 4) is 0 Å². The molecule has 0 aromatic rings. The van der Waals surface area contributed by atoms with Crippen LogP contribution in [0.2, 0.25) is 5.82 Å². The van der Waals surface area contributed by atoms with Crippen molar-refractivity contribution in [3.63, 3.8) is 0 Å². The van der Waals surface area contributed by atoms with Gasteiger partial charge in [0.25, 0.3) is 0 Å². The zero-order valence-corrected chi connectivity index (χ0v) is 9.94. The molecular weight excluding hydrogens is 155 g/mol. The molecular formula is C12H27B. The van der Waals surface area contributed by atoms with Gasteiger partial charge in [0.05, 0.1) is 0 Å². The smallest absolute Gasteiger partial charge is 0.0697 e. The van der Waals surface area contributed by atoms with E-state index >= 15 is 0 Å². The Morgan fingerprint density at radius 2 is 1.23 bits per heavy atom. The van der Waals surface area contributed by atoms with Crippen LogP contribution in [-0.4, -0.2) is 7.85 Å². The van der Waals surface area contributed by atoms with Crippen LogP contribution in [0.1, 0.15) is 71.6 Å². The van der Waals surface area contributed by atoms with E-state index in [4.69, 9.17) is 0 Å². The van der Waals surface area contributed by atoms with Gasteiger partial charge in [-0.3, -0.25) is 0 Å². The first-order valence-corrected chi connectivity index (χ1v) is 6.31. The summed E-state index contributed by atoms with van der Waals surface area (Å²) in [5, 5.41) is 0. The molecule has 0 fully saturated rings. The second kappa shape index (κ2) is 10.1. The molecule has 0 aliphatic rings. The molecule has 1 atom stereocenters. The molecule has 0 nitrogen and oxygen atoms in total. The second-order valence-corrected chi connectivity index (χ2v) is 4.45. The van der Waals surface area contributed by atoms with Gasteiger partial charge in [-0.1, -0.05) is 77.5 Å². The SMILES string of the molecule is BC(CCCCC)CCCCCC. The third-order valence-electron chi connectivity index (χ3n) is 2.85. The fraction of sp³-hybridized carbons (Fsp3) is 1.00. The van der Waals surface area contributed by atoms with Crippen molar-refractivity contribution in [2.24, 2.45) is 0 Å². The minimum absolute atomic E-state index is 0.975. The summed E-state index contributed by atoms with van der Waals surface area (Å²) < 4.78 is 0. The molecule has 0 bridgehead atoms. The molecule has 0 N–H and O–H groups in total. The third kappa shape index (κ3) is 9.98. The predicted octanol–water partition coefficient (Wildman–Crippen LogP) is 3.96. The van der Waals surface area contributed by atoms with Crippen LogP contribution < -0.4 is 0 Å². The summed E-state index contributed by atoms with van der Waals surface area (Å²) >= 11 is 0.